The Labute approximate surface area is 226 Å². The zero-order chi connectivity index (χ0) is 27.2. The van der Waals surface area contributed by atoms with Crippen molar-refractivity contribution >= 4 is 11.9 Å². The lowest BCUT2D eigenvalue weighted by molar-refractivity contribution is -0.922. The van der Waals surface area contributed by atoms with Gasteiger partial charge in [0.15, 0.2) is 0 Å². The van der Waals surface area contributed by atoms with Gasteiger partial charge in [-0.2, -0.15) is 0 Å². The molecule has 0 spiro atoms. The first-order valence-electron chi connectivity index (χ1n) is 15.1. The first-order valence-corrected chi connectivity index (χ1v) is 15.1. The number of ether oxygens (including phenoxy) is 2. The van der Waals surface area contributed by atoms with Crippen LogP contribution in [0.5, 0.6) is 0 Å². The maximum Gasteiger partial charge on any atom is 0.302 e. The predicted octanol–water partition coefficient (Wildman–Crippen LogP) is 5.05. The van der Waals surface area contributed by atoms with E-state index in [1.54, 1.807) is 0 Å². The molecule has 4 rings (SSSR count). The third-order valence-corrected chi connectivity index (χ3v) is 12.4. The Bertz CT molecular complexity index is 856. The lowest BCUT2D eigenvalue weighted by Crippen LogP contribution is -2.61. The number of hydrogen-bond donors (Lipinski definition) is 0. The Balaban J connectivity index is 1.42. The molecule has 0 amide bonds. The second-order valence-corrected chi connectivity index (χ2v) is 14.9. The summed E-state index contributed by atoms with van der Waals surface area (Å²) in [5.74, 6) is 3.09. The van der Waals surface area contributed by atoms with Crippen LogP contribution in [0.15, 0.2) is 0 Å². The van der Waals surface area contributed by atoms with Crippen LogP contribution in [-0.4, -0.2) is 87.5 Å². The Morgan fingerprint density at radius 3 is 1.92 bits per heavy atom. The zero-order valence-corrected chi connectivity index (χ0v) is 25.2. The number of quaternary nitrogens is 2. The van der Waals surface area contributed by atoms with Crippen molar-refractivity contribution in [2.75, 3.05) is 54.5 Å². The van der Waals surface area contributed by atoms with Crippen LogP contribution in [0.25, 0.3) is 0 Å². The normalized spacial score (nSPS) is 39.8. The number of carbonyl (C=O) groups excluding carboxylic acids is 2. The highest BCUT2D eigenvalue weighted by atomic mass is 16.5. The number of esters is 2. The van der Waals surface area contributed by atoms with Gasteiger partial charge in [-0.15, -0.1) is 0 Å². The first-order chi connectivity index (χ1) is 17.2. The third kappa shape index (κ3) is 5.48. The monoisotopic (exact) mass is 520 g/mol. The molecule has 0 aromatic heterocycles. The van der Waals surface area contributed by atoms with E-state index in [4.69, 9.17) is 9.47 Å². The van der Waals surface area contributed by atoms with Crippen LogP contribution in [0.2, 0.25) is 0 Å². The van der Waals surface area contributed by atoms with Crippen molar-refractivity contribution in [2.45, 2.75) is 97.6 Å². The molecule has 8 atom stereocenters. The molecule has 0 N–H and O–H groups in total. The summed E-state index contributed by atoms with van der Waals surface area (Å²) in [6.45, 7) is 11.2. The number of nitrogens with zero attached hydrogens (tertiary/aromatic N) is 2. The van der Waals surface area contributed by atoms with Crippen LogP contribution >= 0.6 is 0 Å². The van der Waals surface area contributed by atoms with Crippen LogP contribution < -0.4 is 0 Å². The molecule has 4 aliphatic rings. The molecule has 0 bridgehead atoms. The van der Waals surface area contributed by atoms with Crippen LogP contribution in [0.1, 0.15) is 85.5 Å². The summed E-state index contributed by atoms with van der Waals surface area (Å²) in [5, 5.41) is 0. The minimum atomic E-state index is -0.167. The molecule has 0 aliphatic heterocycles. The van der Waals surface area contributed by atoms with Crippen molar-refractivity contribution in [2.24, 2.45) is 34.5 Å². The van der Waals surface area contributed by atoms with Crippen molar-refractivity contribution in [1.82, 2.24) is 0 Å². The van der Waals surface area contributed by atoms with E-state index in [1.165, 1.54) is 71.6 Å². The summed E-state index contributed by atoms with van der Waals surface area (Å²) in [6.07, 6.45) is 12.2. The first kappa shape index (κ1) is 28.9. The topological polar surface area (TPSA) is 52.6 Å². The second kappa shape index (κ2) is 10.4. The number of rotatable bonds is 8. The molecule has 2 unspecified atom stereocenters. The van der Waals surface area contributed by atoms with Gasteiger partial charge in [0, 0.05) is 32.1 Å². The SMILES string of the molecule is CC(=O)OCC[N+](C)(C)[C@@H]1CC[C@]2(C)C3CC[C@@]4(C)C(CC[C@H]4[N+](C)(C)CCOC(C)=O)[C@@H]3CC[C@H]2C1. The van der Waals surface area contributed by atoms with Crippen LogP contribution in [0.3, 0.4) is 0 Å². The van der Waals surface area contributed by atoms with Crippen molar-refractivity contribution in [3.05, 3.63) is 0 Å². The maximum absolute atomic E-state index is 11.3. The predicted molar refractivity (Wildman–Crippen MR) is 147 cm³/mol. The van der Waals surface area contributed by atoms with Crippen LogP contribution in [0, 0.1) is 34.5 Å². The third-order valence-electron chi connectivity index (χ3n) is 12.4. The molecule has 0 saturated heterocycles. The number of fused-ring (bicyclic) bond motifs is 5. The standard InChI is InChI=1S/C31H56N2O4/c1-22(34)36-19-17-32(5,6)25-13-15-30(3)24(21-25)9-10-26-27-11-12-29(31(27,4)16-14-28(26)30)33(7,8)18-20-37-23(2)35/h24-29H,9-21H2,1-8H3/q+2/t24-,25+,26-,27?,28?,29+,30-,31-/m0/s1. The molecular weight excluding hydrogens is 464 g/mol. The minimum Gasteiger partial charge on any atom is -0.460 e. The van der Waals surface area contributed by atoms with Gasteiger partial charge in [0.25, 0.3) is 0 Å². The molecule has 37 heavy (non-hydrogen) atoms. The second-order valence-electron chi connectivity index (χ2n) is 14.9. The summed E-state index contributed by atoms with van der Waals surface area (Å²) >= 11 is 0. The van der Waals surface area contributed by atoms with Gasteiger partial charge < -0.3 is 18.4 Å². The average Bonchev–Trinajstić information content (AvgIpc) is 3.16. The quantitative estimate of drug-likeness (QED) is 0.332. The fraction of sp³-hybridized carbons (Fsp3) is 0.935. The molecule has 6 heteroatoms. The molecule has 212 valence electrons. The lowest BCUT2D eigenvalue weighted by atomic mass is 9.44. The number of likely N-dealkylation sites (N-methyl/N-ethyl adjacent to an activating group) is 2. The maximum atomic E-state index is 11.3. The molecule has 0 aromatic rings. The number of carbonyl (C=O) groups is 2. The highest BCUT2D eigenvalue weighted by Crippen LogP contribution is 2.67. The minimum absolute atomic E-state index is 0.165. The van der Waals surface area contributed by atoms with Gasteiger partial charge in [-0.25, -0.2) is 0 Å². The summed E-state index contributed by atoms with van der Waals surface area (Å²) in [7, 11) is 9.42. The van der Waals surface area contributed by atoms with E-state index >= 15 is 0 Å². The van der Waals surface area contributed by atoms with Gasteiger partial charge in [-0.1, -0.05) is 13.8 Å². The van der Waals surface area contributed by atoms with Gasteiger partial charge in [-0.3, -0.25) is 9.59 Å². The van der Waals surface area contributed by atoms with Crippen LogP contribution in [0.4, 0.5) is 0 Å². The van der Waals surface area contributed by atoms with E-state index in [0.29, 0.717) is 36.1 Å². The molecule has 0 heterocycles. The van der Waals surface area contributed by atoms with E-state index in [0.717, 1.165) is 45.7 Å². The molecule has 0 radical (unpaired) electrons. The van der Waals surface area contributed by atoms with Crippen molar-refractivity contribution in [3.63, 3.8) is 0 Å². The lowest BCUT2D eigenvalue weighted by Gasteiger charge is -2.62. The summed E-state index contributed by atoms with van der Waals surface area (Å²) < 4.78 is 12.6. The van der Waals surface area contributed by atoms with Crippen molar-refractivity contribution in [1.29, 1.82) is 0 Å². The van der Waals surface area contributed by atoms with Gasteiger partial charge >= 0.3 is 11.9 Å². The Morgan fingerprint density at radius 1 is 0.730 bits per heavy atom. The largest absolute Gasteiger partial charge is 0.460 e. The fourth-order valence-electron chi connectivity index (χ4n) is 10.2. The van der Waals surface area contributed by atoms with Gasteiger partial charge in [-0.05, 0) is 74.0 Å². The zero-order valence-electron chi connectivity index (χ0n) is 25.2. The molecule has 4 saturated carbocycles. The van der Waals surface area contributed by atoms with Gasteiger partial charge in [0.05, 0.1) is 40.3 Å². The smallest absolute Gasteiger partial charge is 0.302 e. The summed E-state index contributed by atoms with van der Waals surface area (Å²) in [5.41, 5.74) is 0.880. The van der Waals surface area contributed by atoms with E-state index in [9.17, 15) is 9.59 Å². The van der Waals surface area contributed by atoms with E-state index in [2.05, 4.69) is 42.0 Å². The summed E-state index contributed by atoms with van der Waals surface area (Å²) in [4.78, 5) is 22.6. The Kier molecular flexibility index (Phi) is 8.15. The van der Waals surface area contributed by atoms with Gasteiger partial charge in [0.1, 0.15) is 26.3 Å². The molecule has 6 nitrogen and oxygen atoms in total. The van der Waals surface area contributed by atoms with E-state index in [-0.39, 0.29) is 11.9 Å². The van der Waals surface area contributed by atoms with Crippen molar-refractivity contribution in [3.8, 4) is 0 Å². The molecule has 4 aliphatic carbocycles. The average molecular weight is 521 g/mol. The molecule has 0 aromatic carbocycles. The summed E-state index contributed by atoms with van der Waals surface area (Å²) in [6, 6.07) is 1.33. The van der Waals surface area contributed by atoms with Gasteiger partial charge in [0.2, 0.25) is 0 Å². The Morgan fingerprint density at radius 2 is 1.30 bits per heavy atom. The highest BCUT2D eigenvalue weighted by molar-refractivity contribution is 5.66. The fourth-order valence-corrected chi connectivity index (χ4v) is 10.2. The Hall–Kier alpha value is -1.14. The van der Waals surface area contributed by atoms with Crippen molar-refractivity contribution < 1.29 is 28.0 Å². The number of hydrogen-bond acceptors (Lipinski definition) is 4. The molecular formula is C31H56N2O4+2. The van der Waals surface area contributed by atoms with E-state index in [1.807, 2.05) is 0 Å². The highest BCUT2D eigenvalue weighted by Gasteiger charge is 2.63. The van der Waals surface area contributed by atoms with Crippen LogP contribution in [-0.2, 0) is 19.1 Å². The molecule has 4 fully saturated rings. The van der Waals surface area contributed by atoms with E-state index < -0.39 is 0 Å².